The molecule has 0 amide bonds. The molecule has 0 bridgehead atoms. The monoisotopic (exact) mass is 433 g/mol. The first-order chi connectivity index (χ1) is 12.2. The Balaban J connectivity index is 0. The number of unbranched alkanes of at least 4 members (excludes halogenated alkanes) is 11. The van der Waals surface area contributed by atoms with Crippen LogP contribution in [0, 0.1) is 5.92 Å². The molecule has 3 nitrogen and oxygen atoms in total. The molecule has 1 atom stereocenters. The summed E-state index contributed by atoms with van der Waals surface area (Å²) in [7, 11) is 2.12. The van der Waals surface area contributed by atoms with Crippen LogP contribution in [0.5, 0.6) is 0 Å². The van der Waals surface area contributed by atoms with E-state index in [1.807, 2.05) is 0 Å². The van der Waals surface area contributed by atoms with Gasteiger partial charge in [-0.05, 0) is 12.8 Å². The van der Waals surface area contributed by atoms with Gasteiger partial charge >= 0.3 is 5.97 Å². The normalized spacial score (nSPS) is 11.6. The Morgan fingerprint density at radius 2 is 1.42 bits per heavy atom. The summed E-state index contributed by atoms with van der Waals surface area (Å²) < 4.78 is 5.11. The fraction of sp³-hybridized carbons (Fsp3) is 0.864. The number of carbonyl (C=O) groups excluding carboxylic acids is 1. The maximum Gasteiger partial charge on any atom is 0.330 e. The molecule has 26 heavy (non-hydrogen) atoms. The van der Waals surface area contributed by atoms with Gasteiger partial charge in [-0.25, -0.2) is 4.79 Å². The lowest BCUT2D eigenvalue weighted by molar-refractivity contribution is -0.633. The number of esters is 1. The van der Waals surface area contributed by atoms with Gasteiger partial charge in [-0.3, -0.25) is 0 Å². The van der Waals surface area contributed by atoms with E-state index < -0.39 is 0 Å². The Morgan fingerprint density at radius 1 is 0.923 bits per heavy atom. The minimum Gasteiger partial charge on any atom is -1.00 e. The number of rotatable bonds is 19. The SMILES string of the molecule is C=CC(=O)OCCC(CCCCCCCCCCCCCC)C[NH2+]C.[Br-]. The second-order valence-corrected chi connectivity index (χ2v) is 7.35. The Bertz CT molecular complexity index is 311. The number of carbonyl (C=O) groups is 1. The number of quaternary nitrogens is 1. The lowest BCUT2D eigenvalue weighted by Gasteiger charge is -2.14. The van der Waals surface area contributed by atoms with E-state index in [0.717, 1.165) is 13.0 Å². The summed E-state index contributed by atoms with van der Waals surface area (Å²) in [5, 5.41) is 2.24. The topological polar surface area (TPSA) is 42.9 Å². The van der Waals surface area contributed by atoms with Gasteiger partial charge in [-0.15, -0.1) is 0 Å². The van der Waals surface area contributed by atoms with Crippen molar-refractivity contribution in [3.63, 3.8) is 0 Å². The molecule has 0 aliphatic heterocycles. The van der Waals surface area contributed by atoms with Crippen molar-refractivity contribution in [2.75, 3.05) is 20.2 Å². The van der Waals surface area contributed by atoms with Crippen molar-refractivity contribution >= 4 is 5.97 Å². The van der Waals surface area contributed by atoms with Gasteiger partial charge in [0.1, 0.15) is 0 Å². The molecule has 0 spiro atoms. The van der Waals surface area contributed by atoms with Crippen LogP contribution in [0.3, 0.4) is 0 Å². The second kappa shape index (κ2) is 22.7. The highest BCUT2D eigenvalue weighted by molar-refractivity contribution is 5.81. The average molecular weight is 435 g/mol. The van der Waals surface area contributed by atoms with E-state index in [-0.39, 0.29) is 23.0 Å². The van der Waals surface area contributed by atoms with Gasteiger partial charge in [0, 0.05) is 12.0 Å². The molecule has 0 saturated heterocycles. The molecule has 0 saturated carbocycles. The van der Waals surface area contributed by atoms with Gasteiger partial charge < -0.3 is 27.0 Å². The maximum atomic E-state index is 11.1. The summed E-state index contributed by atoms with van der Waals surface area (Å²) in [5.74, 6) is 0.357. The average Bonchev–Trinajstić information content (AvgIpc) is 2.62. The van der Waals surface area contributed by atoms with E-state index >= 15 is 0 Å². The third kappa shape index (κ3) is 20.0. The molecule has 1 unspecified atom stereocenters. The van der Waals surface area contributed by atoms with E-state index in [0.29, 0.717) is 12.5 Å². The number of ether oxygens (including phenoxy) is 1. The molecule has 0 aliphatic rings. The standard InChI is InChI=1S/C22H43NO2.BrH/c1-4-6-7-8-9-10-11-12-13-14-15-16-17-21(20-23-3)18-19-25-22(24)5-2;/h5,21,23H,2,4,6-20H2,1,3H3;1H. The van der Waals surface area contributed by atoms with E-state index in [1.54, 1.807) is 0 Å². The molecular formula is C22H44BrNO2. The van der Waals surface area contributed by atoms with Crippen molar-refractivity contribution in [1.82, 2.24) is 0 Å². The number of nitrogens with two attached hydrogens (primary N) is 1. The van der Waals surface area contributed by atoms with Gasteiger partial charge in [-0.1, -0.05) is 90.6 Å². The Morgan fingerprint density at radius 3 is 1.88 bits per heavy atom. The summed E-state index contributed by atoms with van der Waals surface area (Å²) in [6, 6.07) is 0. The molecule has 0 radical (unpaired) electrons. The van der Waals surface area contributed by atoms with Gasteiger partial charge in [0.25, 0.3) is 0 Å². The van der Waals surface area contributed by atoms with Gasteiger partial charge in [0.05, 0.1) is 20.2 Å². The van der Waals surface area contributed by atoms with E-state index in [2.05, 4.69) is 25.9 Å². The summed E-state index contributed by atoms with van der Waals surface area (Å²) in [6.45, 7) is 7.36. The quantitative estimate of drug-likeness (QED) is 0.192. The van der Waals surface area contributed by atoms with Gasteiger partial charge in [-0.2, -0.15) is 0 Å². The van der Waals surface area contributed by atoms with Crippen LogP contribution in [0.1, 0.15) is 96.8 Å². The molecule has 0 aromatic rings. The van der Waals surface area contributed by atoms with E-state index in [9.17, 15) is 4.79 Å². The molecule has 2 N–H and O–H groups in total. The molecular weight excluding hydrogens is 390 g/mol. The molecule has 0 rings (SSSR count). The number of halogens is 1. The lowest BCUT2D eigenvalue weighted by Crippen LogP contribution is -3.00. The fourth-order valence-corrected chi connectivity index (χ4v) is 3.37. The fourth-order valence-electron chi connectivity index (χ4n) is 3.37. The van der Waals surface area contributed by atoms with Gasteiger partial charge in [0.15, 0.2) is 0 Å². The van der Waals surface area contributed by atoms with Crippen molar-refractivity contribution in [2.24, 2.45) is 5.92 Å². The number of hydrogen-bond donors (Lipinski definition) is 1. The zero-order chi connectivity index (χ0) is 18.6. The lowest BCUT2D eigenvalue weighted by atomic mass is 9.97. The van der Waals surface area contributed by atoms with Crippen molar-refractivity contribution in [1.29, 1.82) is 0 Å². The first kappa shape index (κ1) is 27.9. The minimum absolute atomic E-state index is 0. The maximum absolute atomic E-state index is 11.1. The largest absolute Gasteiger partial charge is 1.00 e. The zero-order valence-electron chi connectivity index (χ0n) is 17.4. The third-order valence-corrected chi connectivity index (χ3v) is 4.97. The molecule has 156 valence electrons. The van der Waals surface area contributed by atoms with Crippen LogP contribution in [0.4, 0.5) is 0 Å². The third-order valence-electron chi connectivity index (χ3n) is 4.97. The number of hydrogen-bond acceptors (Lipinski definition) is 2. The molecule has 0 heterocycles. The van der Waals surface area contributed by atoms with Crippen molar-refractivity contribution in [3.8, 4) is 0 Å². The van der Waals surface area contributed by atoms with Crippen LogP contribution in [-0.4, -0.2) is 26.2 Å². The highest BCUT2D eigenvalue weighted by Crippen LogP contribution is 2.15. The first-order valence-electron chi connectivity index (χ1n) is 10.8. The Labute approximate surface area is 173 Å². The smallest absolute Gasteiger partial charge is 0.330 e. The van der Waals surface area contributed by atoms with Crippen LogP contribution in [0.15, 0.2) is 12.7 Å². The predicted octanol–water partition coefficient (Wildman–Crippen LogP) is 2.01. The van der Waals surface area contributed by atoms with Crippen LogP contribution in [0.25, 0.3) is 0 Å². The second-order valence-electron chi connectivity index (χ2n) is 7.35. The molecule has 0 aliphatic carbocycles. The van der Waals surface area contributed by atoms with E-state index in [1.165, 1.54) is 89.5 Å². The summed E-state index contributed by atoms with van der Waals surface area (Å²) in [4.78, 5) is 11.1. The molecule has 0 aromatic heterocycles. The van der Waals surface area contributed by atoms with Crippen LogP contribution in [-0.2, 0) is 9.53 Å². The summed E-state index contributed by atoms with van der Waals surface area (Å²) in [6.07, 6.45) is 20.2. The van der Waals surface area contributed by atoms with Gasteiger partial charge in [0.2, 0.25) is 0 Å². The van der Waals surface area contributed by atoms with Crippen molar-refractivity contribution in [2.45, 2.75) is 96.8 Å². The molecule has 0 fully saturated rings. The van der Waals surface area contributed by atoms with Crippen LogP contribution >= 0.6 is 0 Å². The first-order valence-corrected chi connectivity index (χ1v) is 10.8. The zero-order valence-corrected chi connectivity index (χ0v) is 19.0. The summed E-state index contributed by atoms with van der Waals surface area (Å²) >= 11 is 0. The Hall–Kier alpha value is -0.350. The molecule has 4 heteroatoms. The summed E-state index contributed by atoms with van der Waals surface area (Å²) in [5.41, 5.74) is 0. The van der Waals surface area contributed by atoms with E-state index in [4.69, 9.17) is 4.74 Å². The predicted molar refractivity (Wildman–Crippen MR) is 108 cm³/mol. The minimum atomic E-state index is -0.301. The highest BCUT2D eigenvalue weighted by atomic mass is 79.9. The van der Waals surface area contributed by atoms with Crippen molar-refractivity contribution in [3.05, 3.63) is 12.7 Å². The highest BCUT2D eigenvalue weighted by Gasteiger charge is 2.10. The molecule has 0 aromatic carbocycles. The Kier molecular flexibility index (Phi) is 24.3. The van der Waals surface area contributed by atoms with Crippen LogP contribution in [0.2, 0.25) is 0 Å². The van der Waals surface area contributed by atoms with Crippen LogP contribution < -0.4 is 22.3 Å². The van der Waals surface area contributed by atoms with Crippen molar-refractivity contribution < 1.29 is 31.8 Å².